The molecule has 0 atom stereocenters. The number of furan rings is 1. The zero-order valence-electron chi connectivity index (χ0n) is 13.2. The van der Waals surface area contributed by atoms with Crippen LogP contribution >= 0.6 is 0 Å². The fourth-order valence-electron chi connectivity index (χ4n) is 2.15. The summed E-state index contributed by atoms with van der Waals surface area (Å²) < 4.78 is 16.2. The summed E-state index contributed by atoms with van der Waals surface area (Å²) in [5.41, 5.74) is 1.21. The average Bonchev–Trinajstić information content (AvgIpc) is 2.77. The van der Waals surface area contributed by atoms with Crippen LogP contribution in [0.3, 0.4) is 0 Å². The molecule has 0 saturated heterocycles. The quantitative estimate of drug-likeness (QED) is 0.628. The van der Waals surface area contributed by atoms with Crippen molar-refractivity contribution in [3.05, 3.63) is 23.2 Å². The highest BCUT2D eigenvalue weighted by Gasteiger charge is 2.11. The van der Waals surface area contributed by atoms with Gasteiger partial charge in [0, 0.05) is 33.9 Å². The molecule has 20 heavy (non-hydrogen) atoms. The fourth-order valence-corrected chi connectivity index (χ4v) is 2.15. The molecule has 1 aromatic rings. The Morgan fingerprint density at radius 1 is 1.20 bits per heavy atom. The maximum absolute atomic E-state index is 5.90. The lowest BCUT2D eigenvalue weighted by Crippen LogP contribution is -2.28. The summed E-state index contributed by atoms with van der Waals surface area (Å²) in [4.78, 5) is 2.34. The van der Waals surface area contributed by atoms with Crippen molar-refractivity contribution < 1.29 is 13.9 Å². The zero-order valence-corrected chi connectivity index (χ0v) is 13.2. The van der Waals surface area contributed by atoms with Gasteiger partial charge < -0.3 is 19.2 Å². The second kappa shape index (κ2) is 9.94. The summed E-state index contributed by atoms with van der Waals surface area (Å²) in [5.74, 6) is 2.03. The van der Waals surface area contributed by atoms with Gasteiger partial charge in [0.15, 0.2) is 0 Å². The second-order valence-electron chi connectivity index (χ2n) is 4.96. The monoisotopic (exact) mass is 284 g/mol. The maximum Gasteiger partial charge on any atom is 0.120 e. The van der Waals surface area contributed by atoms with Crippen LogP contribution in [0.25, 0.3) is 0 Å². The number of nitrogens with one attached hydrogen (secondary N) is 1. The van der Waals surface area contributed by atoms with Gasteiger partial charge in [-0.2, -0.15) is 0 Å². The van der Waals surface area contributed by atoms with Crippen molar-refractivity contribution in [3.63, 3.8) is 0 Å². The van der Waals surface area contributed by atoms with E-state index < -0.39 is 0 Å². The van der Waals surface area contributed by atoms with Crippen molar-refractivity contribution in [1.29, 1.82) is 0 Å². The molecule has 0 radical (unpaired) electrons. The van der Waals surface area contributed by atoms with Crippen LogP contribution in [0.1, 0.15) is 23.5 Å². The molecule has 0 aliphatic carbocycles. The zero-order chi connectivity index (χ0) is 14.8. The first kappa shape index (κ1) is 17.2. The van der Waals surface area contributed by atoms with E-state index in [9.17, 15) is 0 Å². The molecule has 0 aliphatic rings. The lowest BCUT2D eigenvalue weighted by molar-refractivity contribution is 0.124. The molecule has 0 amide bonds. The third-order valence-electron chi connectivity index (χ3n) is 3.22. The first-order chi connectivity index (χ1) is 9.71. The van der Waals surface area contributed by atoms with E-state index in [1.54, 1.807) is 14.2 Å². The molecule has 0 unspecified atom stereocenters. The number of rotatable bonds is 11. The molecule has 0 saturated carbocycles. The summed E-state index contributed by atoms with van der Waals surface area (Å²) in [6, 6.07) is 2.13. The fraction of sp³-hybridized carbons (Fsp3) is 0.733. The predicted octanol–water partition coefficient (Wildman–Crippen LogP) is 1.79. The van der Waals surface area contributed by atoms with Crippen LogP contribution in [0.15, 0.2) is 10.5 Å². The molecule has 1 heterocycles. The van der Waals surface area contributed by atoms with Gasteiger partial charge in [0.25, 0.3) is 0 Å². The highest BCUT2D eigenvalue weighted by Crippen LogP contribution is 2.16. The van der Waals surface area contributed by atoms with Crippen molar-refractivity contribution in [2.75, 3.05) is 47.6 Å². The topological polar surface area (TPSA) is 46.9 Å². The van der Waals surface area contributed by atoms with Gasteiger partial charge in [0.05, 0.1) is 19.7 Å². The van der Waals surface area contributed by atoms with Crippen molar-refractivity contribution in [2.45, 2.75) is 26.4 Å². The summed E-state index contributed by atoms with van der Waals surface area (Å²) in [7, 11) is 5.39. The van der Waals surface area contributed by atoms with Crippen LogP contribution in [-0.2, 0) is 22.6 Å². The van der Waals surface area contributed by atoms with Crippen LogP contribution in [0, 0.1) is 6.92 Å². The molecule has 0 aromatic carbocycles. The lowest BCUT2D eigenvalue weighted by atomic mass is 10.2. The van der Waals surface area contributed by atoms with Crippen LogP contribution in [0.5, 0.6) is 0 Å². The summed E-state index contributed by atoms with van der Waals surface area (Å²) in [6.07, 6.45) is 1.02. The molecule has 1 N–H and O–H groups in total. The molecular formula is C15H28N2O3. The Morgan fingerprint density at radius 2 is 1.95 bits per heavy atom. The number of ether oxygens (including phenoxy) is 2. The Morgan fingerprint density at radius 3 is 2.60 bits per heavy atom. The molecule has 116 valence electrons. The van der Waals surface area contributed by atoms with Gasteiger partial charge in [-0.3, -0.25) is 4.90 Å². The maximum atomic E-state index is 5.90. The van der Waals surface area contributed by atoms with E-state index in [1.807, 2.05) is 7.05 Å². The second-order valence-corrected chi connectivity index (χ2v) is 4.96. The number of methoxy groups -OCH3 is 2. The number of hydrogen-bond donors (Lipinski definition) is 1. The highest BCUT2D eigenvalue weighted by atomic mass is 16.5. The van der Waals surface area contributed by atoms with E-state index in [1.165, 1.54) is 5.56 Å². The van der Waals surface area contributed by atoms with Crippen molar-refractivity contribution in [1.82, 2.24) is 10.2 Å². The van der Waals surface area contributed by atoms with Gasteiger partial charge in [-0.15, -0.1) is 0 Å². The predicted molar refractivity (Wildman–Crippen MR) is 79.9 cm³/mol. The third-order valence-corrected chi connectivity index (χ3v) is 3.22. The SMILES string of the molecule is CNCc1oc(CN(CCCOC)CCOC)cc1C. The molecule has 1 rings (SSSR count). The summed E-state index contributed by atoms with van der Waals surface area (Å²) in [6.45, 7) is 7.08. The van der Waals surface area contributed by atoms with Gasteiger partial charge >= 0.3 is 0 Å². The summed E-state index contributed by atoms with van der Waals surface area (Å²) in [5, 5.41) is 3.12. The normalized spacial score (nSPS) is 11.4. The van der Waals surface area contributed by atoms with Crippen LogP contribution in [0.2, 0.25) is 0 Å². The van der Waals surface area contributed by atoms with E-state index >= 15 is 0 Å². The Labute approximate surface area is 122 Å². The molecule has 0 fully saturated rings. The van der Waals surface area contributed by atoms with Crippen LogP contribution in [0.4, 0.5) is 0 Å². The van der Waals surface area contributed by atoms with E-state index in [-0.39, 0.29) is 0 Å². The summed E-state index contributed by atoms with van der Waals surface area (Å²) >= 11 is 0. The molecule has 0 aliphatic heterocycles. The van der Waals surface area contributed by atoms with E-state index in [2.05, 4.69) is 23.2 Å². The van der Waals surface area contributed by atoms with Crippen LogP contribution in [-0.4, -0.2) is 52.5 Å². The molecule has 0 spiro atoms. The number of hydrogen-bond acceptors (Lipinski definition) is 5. The van der Waals surface area contributed by atoms with Gasteiger partial charge in [-0.1, -0.05) is 0 Å². The minimum atomic E-state index is 0.732. The molecule has 0 bridgehead atoms. The molecule has 5 nitrogen and oxygen atoms in total. The molecular weight excluding hydrogens is 256 g/mol. The molecule has 1 aromatic heterocycles. The van der Waals surface area contributed by atoms with Gasteiger partial charge in [0.2, 0.25) is 0 Å². The number of aryl methyl sites for hydroxylation is 1. The molecule has 5 heteroatoms. The van der Waals surface area contributed by atoms with Gasteiger partial charge in [-0.05, 0) is 32.0 Å². The van der Waals surface area contributed by atoms with Crippen molar-refractivity contribution in [3.8, 4) is 0 Å². The van der Waals surface area contributed by atoms with Crippen molar-refractivity contribution >= 4 is 0 Å². The standard InChI is InChI=1S/C15H28N2O3/c1-13-10-14(20-15(13)11-16-2)12-17(7-9-19-4)6-5-8-18-3/h10,16H,5-9,11-12H2,1-4H3. The first-order valence-electron chi connectivity index (χ1n) is 7.14. The van der Waals surface area contributed by atoms with Crippen LogP contribution < -0.4 is 5.32 Å². The average molecular weight is 284 g/mol. The minimum Gasteiger partial charge on any atom is -0.463 e. The number of nitrogens with zero attached hydrogens (tertiary/aromatic N) is 1. The lowest BCUT2D eigenvalue weighted by Gasteiger charge is -2.20. The van der Waals surface area contributed by atoms with E-state index in [4.69, 9.17) is 13.9 Å². The largest absolute Gasteiger partial charge is 0.463 e. The third kappa shape index (κ3) is 6.05. The smallest absolute Gasteiger partial charge is 0.120 e. The Bertz CT molecular complexity index is 366. The minimum absolute atomic E-state index is 0.732. The Kier molecular flexibility index (Phi) is 8.53. The Hall–Kier alpha value is -0.880. The van der Waals surface area contributed by atoms with E-state index in [0.29, 0.717) is 0 Å². The van der Waals surface area contributed by atoms with E-state index in [0.717, 1.165) is 57.3 Å². The Balaban J connectivity index is 2.55. The first-order valence-corrected chi connectivity index (χ1v) is 7.14. The van der Waals surface area contributed by atoms with Gasteiger partial charge in [-0.25, -0.2) is 0 Å². The van der Waals surface area contributed by atoms with Gasteiger partial charge in [0.1, 0.15) is 11.5 Å². The highest BCUT2D eigenvalue weighted by molar-refractivity contribution is 5.19. The van der Waals surface area contributed by atoms with Crippen molar-refractivity contribution in [2.24, 2.45) is 0 Å².